The molecule has 16 heavy (non-hydrogen) atoms. The lowest BCUT2D eigenvalue weighted by molar-refractivity contribution is 0.503. The van der Waals surface area contributed by atoms with Crippen molar-refractivity contribution in [3.8, 4) is 0 Å². The Labute approximate surface area is 98.6 Å². The molecule has 2 rings (SSSR count). The molecule has 0 atom stereocenters. The van der Waals surface area contributed by atoms with E-state index in [0.717, 1.165) is 6.42 Å². The lowest BCUT2D eigenvalue weighted by atomic mass is 9.95. The Morgan fingerprint density at radius 2 is 2.12 bits per heavy atom. The molecule has 0 bridgehead atoms. The molecule has 1 aromatic heterocycles. The van der Waals surface area contributed by atoms with Crippen LogP contribution in [0.5, 0.6) is 0 Å². The van der Waals surface area contributed by atoms with Crippen LogP contribution in [0.15, 0.2) is 34.6 Å². The molecule has 0 aliphatic heterocycles. The van der Waals surface area contributed by atoms with Gasteiger partial charge < -0.3 is 0 Å². The van der Waals surface area contributed by atoms with E-state index in [1.54, 1.807) is 17.4 Å². The van der Waals surface area contributed by atoms with E-state index in [4.69, 9.17) is 0 Å². The third-order valence-electron chi connectivity index (χ3n) is 2.53. The monoisotopic (exact) mass is 231 g/mol. The van der Waals surface area contributed by atoms with Crippen LogP contribution in [0, 0.1) is 0 Å². The van der Waals surface area contributed by atoms with E-state index in [9.17, 15) is 4.79 Å². The maximum atomic E-state index is 10.3. The summed E-state index contributed by atoms with van der Waals surface area (Å²) in [6, 6.07) is 8.30. The van der Waals surface area contributed by atoms with Crippen LogP contribution >= 0.6 is 11.3 Å². The first kappa shape index (κ1) is 11.1. The summed E-state index contributed by atoms with van der Waals surface area (Å²) in [4.78, 5) is 14.2. The maximum Gasteiger partial charge on any atom is 0.235 e. The zero-order valence-electron chi connectivity index (χ0n) is 9.36. The van der Waals surface area contributed by atoms with Gasteiger partial charge in [-0.25, -0.2) is 4.79 Å². The first-order valence-electron chi connectivity index (χ1n) is 5.16. The molecule has 0 amide bonds. The topological polar surface area (TPSA) is 29.4 Å². The van der Waals surface area contributed by atoms with E-state index in [1.165, 1.54) is 15.6 Å². The third kappa shape index (κ3) is 2.21. The SMILES string of the molecule is CC(C)(Cc1csc2ccccc12)N=C=O. The van der Waals surface area contributed by atoms with E-state index in [2.05, 4.69) is 22.5 Å². The Balaban J connectivity index is 2.38. The Hall–Kier alpha value is -1.44. The maximum absolute atomic E-state index is 10.3. The number of carbonyl (C=O) groups excluding carboxylic acids is 1. The Kier molecular flexibility index (Phi) is 2.90. The number of benzene rings is 1. The standard InChI is InChI=1S/C13H13NOS/c1-13(2,14-9-15)7-10-8-16-12-6-4-3-5-11(10)12/h3-6,8H,7H2,1-2H3. The van der Waals surface area contributed by atoms with Crippen molar-refractivity contribution in [3.05, 3.63) is 35.2 Å². The minimum Gasteiger partial charge on any atom is -0.211 e. The van der Waals surface area contributed by atoms with Crippen LogP contribution in [0.25, 0.3) is 10.1 Å². The second kappa shape index (κ2) is 4.20. The van der Waals surface area contributed by atoms with E-state index in [1.807, 2.05) is 26.0 Å². The Morgan fingerprint density at radius 3 is 2.88 bits per heavy atom. The molecule has 0 spiro atoms. The van der Waals surface area contributed by atoms with Crippen molar-refractivity contribution in [1.29, 1.82) is 0 Å². The molecule has 0 saturated carbocycles. The van der Waals surface area contributed by atoms with Crippen LogP contribution < -0.4 is 0 Å². The van der Waals surface area contributed by atoms with Crippen molar-refractivity contribution in [2.24, 2.45) is 4.99 Å². The predicted octanol–water partition coefficient (Wildman–Crippen LogP) is 3.56. The molecule has 0 N–H and O–H groups in total. The van der Waals surface area contributed by atoms with Crippen molar-refractivity contribution in [2.45, 2.75) is 25.8 Å². The van der Waals surface area contributed by atoms with Gasteiger partial charge in [0.25, 0.3) is 0 Å². The summed E-state index contributed by atoms with van der Waals surface area (Å²) in [6.45, 7) is 3.90. The molecule has 0 radical (unpaired) electrons. The van der Waals surface area contributed by atoms with Gasteiger partial charge in [0.15, 0.2) is 0 Å². The van der Waals surface area contributed by atoms with E-state index >= 15 is 0 Å². The smallest absolute Gasteiger partial charge is 0.211 e. The normalized spacial score (nSPS) is 11.4. The second-order valence-corrected chi connectivity index (χ2v) is 5.36. The fourth-order valence-corrected chi connectivity index (χ4v) is 2.76. The summed E-state index contributed by atoms with van der Waals surface area (Å²) in [7, 11) is 0. The molecule has 0 unspecified atom stereocenters. The highest BCUT2D eigenvalue weighted by Gasteiger charge is 2.18. The van der Waals surface area contributed by atoms with Gasteiger partial charge in [0.2, 0.25) is 6.08 Å². The van der Waals surface area contributed by atoms with Crippen molar-refractivity contribution >= 4 is 27.5 Å². The Morgan fingerprint density at radius 1 is 1.38 bits per heavy atom. The van der Waals surface area contributed by atoms with Crippen LogP contribution in [0.1, 0.15) is 19.4 Å². The van der Waals surface area contributed by atoms with Gasteiger partial charge in [0, 0.05) is 4.70 Å². The lowest BCUT2D eigenvalue weighted by Crippen LogP contribution is -2.19. The number of nitrogens with zero attached hydrogens (tertiary/aromatic N) is 1. The van der Waals surface area contributed by atoms with Crippen molar-refractivity contribution in [2.75, 3.05) is 0 Å². The number of hydrogen-bond donors (Lipinski definition) is 0. The fourth-order valence-electron chi connectivity index (χ4n) is 1.80. The zero-order valence-corrected chi connectivity index (χ0v) is 10.2. The molecular weight excluding hydrogens is 218 g/mol. The minimum absolute atomic E-state index is 0.369. The summed E-state index contributed by atoms with van der Waals surface area (Å²) in [5.74, 6) is 0. The number of fused-ring (bicyclic) bond motifs is 1. The van der Waals surface area contributed by atoms with Crippen LogP contribution in [-0.4, -0.2) is 11.6 Å². The Bertz CT molecular complexity index is 550. The van der Waals surface area contributed by atoms with E-state index in [-0.39, 0.29) is 5.54 Å². The number of hydrogen-bond acceptors (Lipinski definition) is 3. The molecule has 1 aromatic carbocycles. The predicted molar refractivity (Wildman–Crippen MR) is 67.7 cm³/mol. The number of thiophene rings is 1. The van der Waals surface area contributed by atoms with Crippen LogP contribution in [-0.2, 0) is 11.2 Å². The number of isocyanates is 1. The quantitative estimate of drug-likeness (QED) is 0.586. The first-order chi connectivity index (χ1) is 7.62. The van der Waals surface area contributed by atoms with Crippen LogP contribution in [0.3, 0.4) is 0 Å². The first-order valence-corrected chi connectivity index (χ1v) is 6.04. The summed E-state index contributed by atoms with van der Waals surface area (Å²) >= 11 is 1.73. The van der Waals surface area contributed by atoms with Gasteiger partial charge in [-0.05, 0) is 42.7 Å². The lowest BCUT2D eigenvalue weighted by Gasteiger charge is -2.16. The highest BCUT2D eigenvalue weighted by Crippen LogP contribution is 2.29. The third-order valence-corrected chi connectivity index (χ3v) is 3.54. The van der Waals surface area contributed by atoms with Crippen molar-refractivity contribution in [3.63, 3.8) is 0 Å². The van der Waals surface area contributed by atoms with E-state index < -0.39 is 0 Å². The van der Waals surface area contributed by atoms with Gasteiger partial charge in [0.1, 0.15) is 0 Å². The van der Waals surface area contributed by atoms with Crippen LogP contribution in [0.4, 0.5) is 0 Å². The summed E-state index contributed by atoms with van der Waals surface area (Å²) in [5, 5.41) is 3.41. The van der Waals surface area contributed by atoms with Gasteiger partial charge in [-0.15, -0.1) is 11.3 Å². The molecule has 2 nitrogen and oxygen atoms in total. The van der Waals surface area contributed by atoms with Crippen LogP contribution in [0.2, 0.25) is 0 Å². The van der Waals surface area contributed by atoms with Crippen molar-refractivity contribution < 1.29 is 4.79 Å². The van der Waals surface area contributed by atoms with Gasteiger partial charge in [-0.1, -0.05) is 18.2 Å². The molecule has 1 heterocycles. The summed E-state index contributed by atoms with van der Waals surface area (Å²) < 4.78 is 1.28. The highest BCUT2D eigenvalue weighted by molar-refractivity contribution is 7.17. The molecular formula is C13H13NOS. The fraction of sp³-hybridized carbons (Fsp3) is 0.308. The van der Waals surface area contributed by atoms with Gasteiger partial charge in [0.05, 0.1) is 5.54 Å². The van der Waals surface area contributed by atoms with Gasteiger partial charge >= 0.3 is 0 Å². The molecule has 3 heteroatoms. The summed E-state index contributed by atoms with van der Waals surface area (Å²) in [6.07, 6.45) is 2.42. The minimum atomic E-state index is -0.369. The molecule has 0 fully saturated rings. The second-order valence-electron chi connectivity index (χ2n) is 4.45. The molecule has 0 saturated heterocycles. The molecule has 0 aliphatic rings. The van der Waals surface area contributed by atoms with Gasteiger partial charge in [-0.2, -0.15) is 4.99 Å². The zero-order chi connectivity index (χ0) is 11.6. The van der Waals surface area contributed by atoms with E-state index in [0.29, 0.717) is 0 Å². The summed E-state index contributed by atoms with van der Waals surface area (Å²) in [5.41, 5.74) is 0.885. The molecule has 0 aliphatic carbocycles. The molecule has 2 aromatic rings. The van der Waals surface area contributed by atoms with Crippen molar-refractivity contribution in [1.82, 2.24) is 0 Å². The molecule has 82 valence electrons. The largest absolute Gasteiger partial charge is 0.235 e. The average Bonchev–Trinajstić information content (AvgIpc) is 2.61. The van der Waals surface area contributed by atoms with Gasteiger partial charge in [-0.3, -0.25) is 0 Å². The number of aliphatic imine (C=N–C) groups is 1. The highest BCUT2D eigenvalue weighted by atomic mass is 32.1. The average molecular weight is 231 g/mol. The number of rotatable bonds is 3.